The van der Waals surface area contributed by atoms with Gasteiger partial charge in [0.2, 0.25) is 0 Å². The number of benzene rings is 1. The van der Waals surface area contributed by atoms with Crippen LogP contribution in [-0.4, -0.2) is 53.2 Å². The summed E-state index contributed by atoms with van der Waals surface area (Å²) in [5.41, 5.74) is -0.202. The lowest BCUT2D eigenvalue weighted by Gasteiger charge is -2.22. The highest BCUT2D eigenvalue weighted by molar-refractivity contribution is 9.10. The molecule has 1 aromatic carbocycles. The number of aliphatic hydroxyl groups excluding tert-OH is 1. The second-order valence-electron chi connectivity index (χ2n) is 3.99. The van der Waals surface area contributed by atoms with Crippen LogP contribution in [0, 0.1) is 0 Å². The minimum absolute atomic E-state index is 0.0205. The van der Waals surface area contributed by atoms with E-state index in [-0.39, 0.29) is 17.8 Å². The molecule has 0 saturated carbocycles. The van der Waals surface area contributed by atoms with Gasteiger partial charge in [0, 0.05) is 11.0 Å². The minimum atomic E-state index is -2.76. The second kappa shape index (κ2) is 7.89. The van der Waals surface area contributed by atoms with E-state index in [1.54, 1.807) is 0 Å². The second-order valence-corrected chi connectivity index (χ2v) is 4.90. The minimum Gasteiger partial charge on any atom is -0.478 e. The number of urea groups is 1. The molecule has 21 heavy (non-hydrogen) atoms. The largest absolute Gasteiger partial charge is 0.478 e. The SMILES string of the molecule is O=C(O)c1cc(Br)ccc1NC(=O)N(CCO)CC(F)F. The summed E-state index contributed by atoms with van der Waals surface area (Å²) in [6, 6.07) is 3.21. The Kier molecular flexibility index (Phi) is 6.50. The first-order valence-corrected chi connectivity index (χ1v) is 6.62. The molecule has 0 bridgehead atoms. The highest BCUT2D eigenvalue weighted by Crippen LogP contribution is 2.21. The summed E-state index contributed by atoms with van der Waals surface area (Å²) in [4.78, 5) is 23.7. The topological polar surface area (TPSA) is 89.9 Å². The fourth-order valence-electron chi connectivity index (χ4n) is 1.56. The summed E-state index contributed by atoms with van der Waals surface area (Å²) < 4.78 is 25.2. The van der Waals surface area contributed by atoms with E-state index in [0.29, 0.717) is 9.37 Å². The monoisotopic (exact) mass is 366 g/mol. The fourth-order valence-corrected chi connectivity index (χ4v) is 1.92. The molecule has 1 rings (SSSR count). The number of halogens is 3. The van der Waals surface area contributed by atoms with Crippen molar-refractivity contribution in [1.82, 2.24) is 4.90 Å². The predicted octanol–water partition coefficient (Wildman–Crippen LogP) is 2.24. The molecule has 0 aliphatic heterocycles. The van der Waals surface area contributed by atoms with Crippen molar-refractivity contribution in [2.75, 3.05) is 25.0 Å². The number of rotatable bonds is 6. The number of hydrogen-bond donors (Lipinski definition) is 3. The van der Waals surface area contributed by atoms with E-state index >= 15 is 0 Å². The fraction of sp³-hybridized carbons (Fsp3) is 0.333. The lowest BCUT2D eigenvalue weighted by molar-refractivity contribution is 0.0697. The van der Waals surface area contributed by atoms with Crippen LogP contribution in [0.15, 0.2) is 22.7 Å². The Labute approximate surface area is 127 Å². The predicted molar refractivity (Wildman–Crippen MR) is 74.8 cm³/mol. The maximum Gasteiger partial charge on any atom is 0.337 e. The summed E-state index contributed by atoms with van der Waals surface area (Å²) in [5.74, 6) is -1.27. The Bertz CT molecular complexity index is 528. The van der Waals surface area contributed by atoms with Gasteiger partial charge in [-0.1, -0.05) is 15.9 Å². The maximum atomic E-state index is 12.4. The van der Waals surface area contributed by atoms with Crippen molar-refractivity contribution in [3.05, 3.63) is 28.2 Å². The molecular formula is C12H13BrF2N2O4. The third kappa shape index (κ3) is 5.27. The van der Waals surface area contributed by atoms with Gasteiger partial charge in [-0.2, -0.15) is 0 Å². The van der Waals surface area contributed by atoms with Crippen LogP contribution in [0.3, 0.4) is 0 Å². The van der Waals surface area contributed by atoms with Crippen molar-refractivity contribution in [3.8, 4) is 0 Å². The summed E-state index contributed by atoms with van der Waals surface area (Å²) in [5, 5.41) is 20.1. The number of hydrogen-bond acceptors (Lipinski definition) is 3. The van der Waals surface area contributed by atoms with Crippen LogP contribution in [0.5, 0.6) is 0 Å². The summed E-state index contributed by atoms with van der Waals surface area (Å²) in [7, 11) is 0. The average Bonchev–Trinajstić information content (AvgIpc) is 2.39. The number of carbonyl (C=O) groups excluding carboxylic acids is 1. The molecule has 9 heteroatoms. The van der Waals surface area contributed by atoms with Crippen molar-refractivity contribution in [2.24, 2.45) is 0 Å². The number of nitrogens with zero attached hydrogens (tertiary/aromatic N) is 1. The van der Waals surface area contributed by atoms with Crippen molar-refractivity contribution in [1.29, 1.82) is 0 Å². The number of carboxylic acid groups (broad SMARTS) is 1. The van der Waals surface area contributed by atoms with Gasteiger partial charge in [-0.3, -0.25) is 0 Å². The lowest BCUT2D eigenvalue weighted by atomic mass is 10.2. The molecule has 0 atom stereocenters. The van der Waals surface area contributed by atoms with Gasteiger partial charge >= 0.3 is 12.0 Å². The molecule has 116 valence electrons. The van der Waals surface area contributed by atoms with E-state index in [2.05, 4.69) is 21.2 Å². The normalized spacial score (nSPS) is 10.5. The quantitative estimate of drug-likeness (QED) is 0.720. The maximum absolute atomic E-state index is 12.4. The number of carboxylic acids is 1. The van der Waals surface area contributed by atoms with Crippen LogP contribution in [0.1, 0.15) is 10.4 Å². The van der Waals surface area contributed by atoms with Crippen molar-refractivity contribution in [3.63, 3.8) is 0 Å². The standard InChI is InChI=1S/C12H13BrF2N2O4/c13-7-1-2-9(8(5-7)11(19)20)16-12(21)17(3-4-18)6-10(14)15/h1-2,5,10,18H,3-4,6H2,(H,16,21)(H,19,20). The Morgan fingerprint density at radius 3 is 2.57 bits per heavy atom. The molecule has 0 radical (unpaired) electrons. The average molecular weight is 367 g/mol. The van der Waals surface area contributed by atoms with Gasteiger partial charge < -0.3 is 20.4 Å². The summed E-state index contributed by atoms with van der Waals surface area (Å²) in [6.45, 7) is -1.62. The highest BCUT2D eigenvalue weighted by Gasteiger charge is 2.20. The van der Waals surface area contributed by atoms with Crippen LogP contribution < -0.4 is 5.32 Å². The highest BCUT2D eigenvalue weighted by atomic mass is 79.9. The zero-order valence-electron chi connectivity index (χ0n) is 10.7. The van der Waals surface area contributed by atoms with Gasteiger partial charge in [0.15, 0.2) is 0 Å². The van der Waals surface area contributed by atoms with Crippen molar-refractivity contribution in [2.45, 2.75) is 6.43 Å². The lowest BCUT2D eigenvalue weighted by Crippen LogP contribution is -2.40. The van der Waals surface area contributed by atoms with E-state index in [4.69, 9.17) is 10.2 Å². The molecule has 0 fully saturated rings. The molecule has 0 unspecified atom stereocenters. The Morgan fingerprint density at radius 2 is 2.05 bits per heavy atom. The first-order valence-electron chi connectivity index (χ1n) is 5.83. The smallest absolute Gasteiger partial charge is 0.337 e. The van der Waals surface area contributed by atoms with Gasteiger partial charge in [0.25, 0.3) is 6.43 Å². The van der Waals surface area contributed by atoms with Crippen LogP contribution in [-0.2, 0) is 0 Å². The number of carbonyl (C=O) groups is 2. The zero-order chi connectivity index (χ0) is 16.0. The molecule has 0 aliphatic carbocycles. The van der Waals surface area contributed by atoms with E-state index in [0.717, 1.165) is 0 Å². The molecule has 0 aromatic heterocycles. The molecular weight excluding hydrogens is 354 g/mol. The molecule has 3 N–H and O–H groups in total. The van der Waals surface area contributed by atoms with Gasteiger partial charge in [-0.25, -0.2) is 18.4 Å². The first kappa shape index (κ1) is 17.3. The Balaban J connectivity index is 2.92. The van der Waals surface area contributed by atoms with Crippen molar-refractivity contribution < 1.29 is 28.6 Å². The van der Waals surface area contributed by atoms with Crippen LogP contribution in [0.25, 0.3) is 0 Å². The number of aliphatic hydroxyl groups is 1. The number of anilines is 1. The van der Waals surface area contributed by atoms with E-state index in [1.807, 2.05) is 0 Å². The number of nitrogens with one attached hydrogen (secondary N) is 1. The first-order chi connectivity index (χ1) is 9.85. The summed E-state index contributed by atoms with van der Waals surface area (Å²) >= 11 is 3.10. The van der Waals surface area contributed by atoms with Crippen molar-refractivity contribution >= 4 is 33.6 Å². The third-order valence-electron chi connectivity index (χ3n) is 2.47. The molecule has 0 aliphatic rings. The van der Waals surface area contributed by atoms with Gasteiger partial charge in [0.05, 0.1) is 24.4 Å². The van der Waals surface area contributed by atoms with Crippen LogP contribution in [0.4, 0.5) is 19.3 Å². The molecule has 0 saturated heterocycles. The van der Waals surface area contributed by atoms with Gasteiger partial charge in [0.1, 0.15) is 0 Å². The zero-order valence-corrected chi connectivity index (χ0v) is 12.3. The third-order valence-corrected chi connectivity index (χ3v) is 2.96. The molecule has 2 amide bonds. The van der Waals surface area contributed by atoms with E-state index < -0.39 is 31.6 Å². The van der Waals surface area contributed by atoms with Crippen LogP contribution in [0.2, 0.25) is 0 Å². The molecule has 0 heterocycles. The van der Waals surface area contributed by atoms with Gasteiger partial charge in [-0.15, -0.1) is 0 Å². The van der Waals surface area contributed by atoms with E-state index in [9.17, 15) is 18.4 Å². The Hall–Kier alpha value is -1.74. The number of amides is 2. The molecule has 0 spiro atoms. The molecule has 1 aromatic rings. The van der Waals surface area contributed by atoms with Crippen LogP contribution >= 0.6 is 15.9 Å². The summed E-state index contributed by atoms with van der Waals surface area (Å²) in [6.07, 6.45) is -2.76. The number of aromatic carboxylic acids is 1. The van der Waals surface area contributed by atoms with Gasteiger partial charge in [-0.05, 0) is 18.2 Å². The molecule has 6 nitrogen and oxygen atoms in total. The Morgan fingerprint density at radius 1 is 1.38 bits per heavy atom. The van der Waals surface area contributed by atoms with E-state index in [1.165, 1.54) is 18.2 Å². The number of alkyl halides is 2.